The van der Waals surface area contributed by atoms with Gasteiger partial charge in [0, 0.05) is 19.6 Å². The van der Waals surface area contributed by atoms with Gasteiger partial charge in [0.15, 0.2) is 5.82 Å². The van der Waals surface area contributed by atoms with Crippen LogP contribution >= 0.6 is 0 Å². The summed E-state index contributed by atoms with van der Waals surface area (Å²) in [5, 5.41) is 12.5. The first-order valence-corrected chi connectivity index (χ1v) is 8.37. The molecular formula is C17H25N5O. The van der Waals surface area contributed by atoms with E-state index in [0.717, 1.165) is 45.1 Å². The van der Waals surface area contributed by atoms with Gasteiger partial charge in [0.05, 0.1) is 19.3 Å². The molecule has 6 nitrogen and oxygen atoms in total. The number of ether oxygens (including phenoxy) is 1. The van der Waals surface area contributed by atoms with Crippen LogP contribution in [0.4, 0.5) is 0 Å². The lowest BCUT2D eigenvalue weighted by Crippen LogP contribution is -2.42. The molecule has 3 rings (SSSR count). The molecule has 0 unspecified atom stereocenters. The highest BCUT2D eigenvalue weighted by Gasteiger charge is 2.29. The molecule has 1 aliphatic rings. The van der Waals surface area contributed by atoms with Crippen molar-refractivity contribution in [3.8, 4) is 0 Å². The van der Waals surface area contributed by atoms with Gasteiger partial charge in [-0.3, -0.25) is 4.90 Å². The lowest BCUT2D eigenvalue weighted by Gasteiger charge is -2.35. The van der Waals surface area contributed by atoms with Crippen LogP contribution in [0.2, 0.25) is 0 Å². The molecule has 1 fully saturated rings. The number of aromatic nitrogens is 4. The Morgan fingerprint density at radius 3 is 2.57 bits per heavy atom. The third-order valence-electron chi connectivity index (χ3n) is 4.35. The molecule has 2 aromatic rings. The zero-order valence-electron chi connectivity index (χ0n) is 13.9. The van der Waals surface area contributed by atoms with E-state index in [4.69, 9.17) is 4.74 Å². The van der Waals surface area contributed by atoms with Crippen molar-refractivity contribution in [3.63, 3.8) is 0 Å². The zero-order chi connectivity index (χ0) is 16.1. The Labute approximate surface area is 137 Å². The number of morpholine rings is 1. The lowest BCUT2D eigenvalue weighted by atomic mass is 10.0. The molecule has 0 spiro atoms. The van der Waals surface area contributed by atoms with E-state index < -0.39 is 0 Å². The van der Waals surface area contributed by atoms with Crippen LogP contribution in [0.3, 0.4) is 0 Å². The summed E-state index contributed by atoms with van der Waals surface area (Å²) in [7, 11) is 0. The first kappa shape index (κ1) is 16.1. The first-order chi connectivity index (χ1) is 11.3. The van der Waals surface area contributed by atoms with Gasteiger partial charge < -0.3 is 4.74 Å². The number of nitrogens with zero attached hydrogens (tertiary/aromatic N) is 5. The second-order valence-corrected chi connectivity index (χ2v) is 6.33. The fourth-order valence-corrected chi connectivity index (χ4v) is 3.20. The molecule has 1 aromatic carbocycles. The van der Waals surface area contributed by atoms with E-state index in [1.807, 2.05) is 10.7 Å². The number of benzene rings is 1. The van der Waals surface area contributed by atoms with Gasteiger partial charge in [0.2, 0.25) is 0 Å². The maximum atomic E-state index is 5.48. The van der Waals surface area contributed by atoms with Crippen molar-refractivity contribution in [2.24, 2.45) is 5.92 Å². The van der Waals surface area contributed by atoms with Crippen LogP contribution in [0, 0.1) is 5.92 Å². The summed E-state index contributed by atoms with van der Waals surface area (Å²) in [5.41, 5.74) is 1.31. The van der Waals surface area contributed by atoms with Gasteiger partial charge in [0.1, 0.15) is 0 Å². The Morgan fingerprint density at radius 1 is 1.13 bits per heavy atom. The molecule has 1 atom stereocenters. The molecule has 0 saturated carbocycles. The molecule has 124 valence electrons. The Morgan fingerprint density at radius 2 is 1.87 bits per heavy atom. The predicted molar refractivity (Wildman–Crippen MR) is 87.9 cm³/mol. The average Bonchev–Trinajstić information content (AvgIpc) is 3.03. The minimum absolute atomic E-state index is 0.240. The van der Waals surface area contributed by atoms with Gasteiger partial charge in [-0.25, -0.2) is 4.68 Å². The van der Waals surface area contributed by atoms with Crippen molar-refractivity contribution in [1.29, 1.82) is 0 Å². The molecular weight excluding hydrogens is 290 g/mol. The molecule has 0 aliphatic carbocycles. The van der Waals surface area contributed by atoms with Gasteiger partial charge in [-0.2, -0.15) is 0 Å². The van der Waals surface area contributed by atoms with Crippen LogP contribution in [0.25, 0.3) is 0 Å². The molecule has 1 saturated heterocycles. The Bertz CT molecular complexity index is 592. The predicted octanol–water partition coefficient (Wildman–Crippen LogP) is 1.95. The molecule has 1 aliphatic heterocycles. The number of aryl methyl sites for hydroxylation is 2. The zero-order valence-corrected chi connectivity index (χ0v) is 13.9. The van der Waals surface area contributed by atoms with E-state index in [-0.39, 0.29) is 6.04 Å². The van der Waals surface area contributed by atoms with E-state index in [9.17, 15) is 0 Å². The smallest absolute Gasteiger partial charge is 0.168 e. The van der Waals surface area contributed by atoms with Crippen LogP contribution in [-0.2, 0) is 17.7 Å². The normalized spacial score (nSPS) is 17.5. The number of hydrogen-bond donors (Lipinski definition) is 0. The molecule has 0 N–H and O–H groups in total. The van der Waals surface area contributed by atoms with Gasteiger partial charge in [-0.05, 0) is 28.3 Å². The highest BCUT2D eigenvalue weighted by atomic mass is 16.5. The minimum Gasteiger partial charge on any atom is -0.379 e. The van der Waals surface area contributed by atoms with Crippen LogP contribution in [0.15, 0.2) is 30.3 Å². The third-order valence-corrected chi connectivity index (χ3v) is 4.35. The topological polar surface area (TPSA) is 56.1 Å². The number of tetrazole rings is 1. The fraction of sp³-hybridized carbons (Fsp3) is 0.588. The monoisotopic (exact) mass is 315 g/mol. The first-order valence-electron chi connectivity index (χ1n) is 8.37. The van der Waals surface area contributed by atoms with Crippen molar-refractivity contribution in [2.75, 3.05) is 26.3 Å². The average molecular weight is 315 g/mol. The molecule has 1 aromatic heterocycles. The largest absolute Gasteiger partial charge is 0.379 e. The van der Waals surface area contributed by atoms with Gasteiger partial charge in [-0.15, -0.1) is 5.10 Å². The summed E-state index contributed by atoms with van der Waals surface area (Å²) >= 11 is 0. The number of rotatable bonds is 6. The van der Waals surface area contributed by atoms with Crippen LogP contribution in [0.5, 0.6) is 0 Å². The highest BCUT2D eigenvalue weighted by molar-refractivity contribution is 5.14. The van der Waals surface area contributed by atoms with Crippen LogP contribution in [0.1, 0.15) is 31.3 Å². The molecule has 6 heteroatoms. The minimum atomic E-state index is 0.240. The summed E-state index contributed by atoms with van der Waals surface area (Å²) in [4.78, 5) is 2.44. The Balaban J connectivity index is 1.74. The fourth-order valence-electron chi connectivity index (χ4n) is 3.20. The van der Waals surface area contributed by atoms with Crippen molar-refractivity contribution in [2.45, 2.75) is 32.9 Å². The molecule has 2 heterocycles. The SMILES string of the molecule is CC(C)[C@H](c1nnnn1CCc1ccccc1)N1CCOCC1. The van der Waals surface area contributed by atoms with Crippen molar-refractivity contribution < 1.29 is 4.74 Å². The standard InChI is InChI=1S/C17H25N5O/c1-14(2)16(21-10-12-23-13-11-21)17-18-19-20-22(17)9-8-15-6-4-3-5-7-15/h3-7,14,16H,8-13H2,1-2H3/t16-/m1/s1. The Hall–Kier alpha value is -1.79. The Kier molecular flexibility index (Phi) is 5.35. The van der Waals surface area contributed by atoms with E-state index in [1.165, 1.54) is 5.56 Å². The van der Waals surface area contributed by atoms with Crippen molar-refractivity contribution in [3.05, 3.63) is 41.7 Å². The van der Waals surface area contributed by atoms with E-state index in [2.05, 4.69) is 58.5 Å². The summed E-state index contributed by atoms with van der Waals surface area (Å²) in [6, 6.07) is 10.7. The highest BCUT2D eigenvalue weighted by Crippen LogP contribution is 2.27. The molecule has 0 radical (unpaired) electrons. The maximum absolute atomic E-state index is 5.48. The van der Waals surface area contributed by atoms with Crippen molar-refractivity contribution in [1.82, 2.24) is 25.1 Å². The molecule has 23 heavy (non-hydrogen) atoms. The van der Waals surface area contributed by atoms with E-state index in [1.54, 1.807) is 0 Å². The maximum Gasteiger partial charge on any atom is 0.168 e. The lowest BCUT2D eigenvalue weighted by molar-refractivity contribution is 0.00224. The van der Waals surface area contributed by atoms with Crippen molar-refractivity contribution >= 4 is 0 Å². The van der Waals surface area contributed by atoms with E-state index >= 15 is 0 Å². The van der Waals surface area contributed by atoms with E-state index in [0.29, 0.717) is 5.92 Å². The summed E-state index contributed by atoms with van der Waals surface area (Å²) < 4.78 is 7.45. The van der Waals surface area contributed by atoms with Gasteiger partial charge in [-0.1, -0.05) is 44.2 Å². The molecule has 0 bridgehead atoms. The second-order valence-electron chi connectivity index (χ2n) is 6.33. The summed E-state index contributed by atoms with van der Waals surface area (Å²) in [6.07, 6.45) is 0.937. The quantitative estimate of drug-likeness (QED) is 0.815. The second kappa shape index (κ2) is 7.66. The van der Waals surface area contributed by atoms with Gasteiger partial charge in [0.25, 0.3) is 0 Å². The van der Waals surface area contributed by atoms with Crippen LogP contribution < -0.4 is 0 Å². The molecule has 0 amide bonds. The van der Waals surface area contributed by atoms with Crippen LogP contribution in [-0.4, -0.2) is 51.4 Å². The summed E-state index contributed by atoms with van der Waals surface area (Å²) in [6.45, 7) is 8.72. The van der Waals surface area contributed by atoms with Gasteiger partial charge >= 0.3 is 0 Å². The third kappa shape index (κ3) is 3.95. The summed E-state index contributed by atoms with van der Waals surface area (Å²) in [5.74, 6) is 1.42. The number of hydrogen-bond acceptors (Lipinski definition) is 5.